The molecule has 0 saturated heterocycles. The van der Waals surface area contributed by atoms with Crippen molar-refractivity contribution < 1.29 is 9.53 Å². The third-order valence-electron chi connectivity index (χ3n) is 3.28. The van der Waals surface area contributed by atoms with Crippen LogP contribution in [-0.4, -0.2) is 23.4 Å². The van der Waals surface area contributed by atoms with Crippen LogP contribution < -0.4 is 0 Å². The van der Waals surface area contributed by atoms with Gasteiger partial charge in [-0.2, -0.15) is 0 Å². The first-order valence-corrected chi connectivity index (χ1v) is 8.28. The van der Waals surface area contributed by atoms with E-state index in [1.54, 1.807) is 36.0 Å². The summed E-state index contributed by atoms with van der Waals surface area (Å²) in [6.07, 6.45) is 0. The van der Waals surface area contributed by atoms with Gasteiger partial charge in [0.1, 0.15) is 6.61 Å². The van der Waals surface area contributed by atoms with Gasteiger partial charge in [0.2, 0.25) is 0 Å². The summed E-state index contributed by atoms with van der Waals surface area (Å²) in [5.41, 5.74) is 2.96. The lowest BCUT2D eigenvalue weighted by Crippen LogP contribution is -2.08. The van der Waals surface area contributed by atoms with Gasteiger partial charge in [0.05, 0.1) is 17.2 Å². The number of aliphatic imine (C=N–C) groups is 1. The van der Waals surface area contributed by atoms with Crippen LogP contribution in [-0.2, 0) is 11.3 Å². The zero-order valence-corrected chi connectivity index (χ0v) is 13.4. The highest BCUT2D eigenvalue weighted by molar-refractivity contribution is 8.14. The largest absolute Gasteiger partial charge is 0.461 e. The van der Waals surface area contributed by atoms with E-state index in [4.69, 9.17) is 16.3 Å². The molecule has 22 heavy (non-hydrogen) atoms. The van der Waals surface area contributed by atoms with Crippen molar-refractivity contribution in [3.8, 4) is 0 Å². The maximum atomic E-state index is 11.8. The lowest BCUT2D eigenvalue weighted by atomic mass is 10.1. The van der Waals surface area contributed by atoms with Crippen LogP contribution in [0.2, 0.25) is 5.02 Å². The normalized spacial score (nSPS) is 12.7. The molecule has 0 saturated carbocycles. The average Bonchev–Trinajstić information content (AvgIpc) is 2.95. The van der Waals surface area contributed by atoms with Crippen molar-refractivity contribution in [2.75, 3.05) is 12.4 Å². The van der Waals surface area contributed by atoms with E-state index in [0.29, 0.717) is 22.9 Å². The summed E-state index contributed by atoms with van der Waals surface area (Å²) in [5, 5.41) is 1.63. The van der Waals surface area contributed by atoms with Crippen LogP contribution >= 0.6 is 23.4 Å². The molecule has 112 valence electrons. The second-order valence-electron chi connectivity index (χ2n) is 4.77. The number of hydrogen-bond donors (Lipinski definition) is 0. The van der Waals surface area contributed by atoms with E-state index in [9.17, 15) is 4.79 Å². The molecule has 0 unspecified atom stereocenters. The molecule has 1 heterocycles. The van der Waals surface area contributed by atoms with Gasteiger partial charge in [0.25, 0.3) is 0 Å². The predicted molar refractivity (Wildman–Crippen MR) is 90.9 cm³/mol. The molecule has 3 nitrogen and oxygen atoms in total. The number of benzene rings is 2. The van der Waals surface area contributed by atoms with Crippen molar-refractivity contribution >= 4 is 34.4 Å². The van der Waals surface area contributed by atoms with Gasteiger partial charge in [-0.25, -0.2) is 4.79 Å². The van der Waals surface area contributed by atoms with Crippen molar-refractivity contribution in [2.45, 2.75) is 6.54 Å². The summed E-state index contributed by atoms with van der Waals surface area (Å²) in [6, 6.07) is 14.9. The van der Waals surface area contributed by atoms with Crippen molar-refractivity contribution in [2.24, 2.45) is 4.99 Å². The fourth-order valence-corrected chi connectivity index (χ4v) is 3.17. The minimum absolute atomic E-state index is 0.328. The maximum absolute atomic E-state index is 11.8. The highest BCUT2D eigenvalue weighted by atomic mass is 35.5. The number of halogens is 1. The molecule has 0 N–H and O–H groups in total. The van der Waals surface area contributed by atoms with Crippen molar-refractivity contribution in [1.82, 2.24) is 0 Å². The van der Waals surface area contributed by atoms with E-state index in [1.165, 1.54) is 11.1 Å². The minimum atomic E-state index is -0.328. The van der Waals surface area contributed by atoms with E-state index in [-0.39, 0.29) is 5.97 Å². The van der Waals surface area contributed by atoms with E-state index in [1.807, 2.05) is 12.1 Å². The van der Waals surface area contributed by atoms with Crippen LogP contribution in [0.3, 0.4) is 0 Å². The number of hydrogen-bond acceptors (Lipinski definition) is 4. The van der Waals surface area contributed by atoms with E-state index < -0.39 is 0 Å². The van der Waals surface area contributed by atoms with E-state index in [0.717, 1.165) is 11.6 Å². The summed E-state index contributed by atoms with van der Waals surface area (Å²) < 4.78 is 5.26. The summed E-state index contributed by atoms with van der Waals surface area (Å²) in [7, 11) is 0. The predicted octanol–water partition coefficient (Wildman–Crippen LogP) is 4.19. The number of fused-ring (bicyclic) bond motifs is 1. The first-order valence-electron chi connectivity index (χ1n) is 6.92. The van der Waals surface area contributed by atoms with Crippen LogP contribution in [0.4, 0.5) is 0 Å². The summed E-state index contributed by atoms with van der Waals surface area (Å²) in [4.78, 5) is 16.4. The Morgan fingerprint density at radius 3 is 2.77 bits per heavy atom. The Morgan fingerprint density at radius 2 is 1.95 bits per heavy atom. The van der Waals surface area contributed by atoms with Gasteiger partial charge in [-0.3, -0.25) is 4.99 Å². The standard InChI is InChI=1S/C17H14ClNO2S/c18-14-7-5-12(6-8-14)17(20)21-9-10-22-16-15-4-2-1-3-13(15)11-19-16/h1-8H,9-11H2. The number of esters is 1. The lowest BCUT2D eigenvalue weighted by molar-refractivity contribution is 0.0530. The highest BCUT2D eigenvalue weighted by Crippen LogP contribution is 2.24. The molecule has 0 amide bonds. The third kappa shape index (κ3) is 3.51. The van der Waals surface area contributed by atoms with E-state index >= 15 is 0 Å². The Hall–Kier alpha value is -1.78. The summed E-state index contributed by atoms with van der Waals surface area (Å²) in [6.45, 7) is 1.09. The average molecular weight is 332 g/mol. The van der Waals surface area contributed by atoms with Gasteiger partial charge in [-0.1, -0.05) is 35.9 Å². The second kappa shape index (κ2) is 6.99. The second-order valence-corrected chi connectivity index (χ2v) is 6.29. The van der Waals surface area contributed by atoms with Crippen LogP contribution in [0.25, 0.3) is 0 Å². The number of nitrogens with zero attached hydrogens (tertiary/aromatic N) is 1. The molecule has 5 heteroatoms. The molecule has 0 bridgehead atoms. The van der Waals surface area contributed by atoms with Gasteiger partial charge in [0, 0.05) is 16.3 Å². The molecule has 0 aliphatic carbocycles. The number of rotatable bonds is 4. The molecule has 0 spiro atoms. The van der Waals surface area contributed by atoms with Gasteiger partial charge in [-0.05, 0) is 29.8 Å². The molecule has 2 aromatic rings. The maximum Gasteiger partial charge on any atom is 0.338 e. The Morgan fingerprint density at radius 1 is 1.18 bits per heavy atom. The number of carbonyl (C=O) groups excluding carboxylic acids is 1. The summed E-state index contributed by atoms with van der Waals surface area (Å²) >= 11 is 7.41. The van der Waals surface area contributed by atoms with E-state index in [2.05, 4.69) is 17.1 Å². The van der Waals surface area contributed by atoms with Crippen LogP contribution in [0.5, 0.6) is 0 Å². The zero-order chi connectivity index (χ0) is 15.4. The Balaban J connectivity index is 1.47. The first-order chi connectivity index (χ1) is 10.7. The minimum Gasteiger partial charge on any atom is -0.461 e. The molecule has 0 fully saturated rings. The fourth-order valence-electron chi connectivity index (χ4n) is 2.17. The quantitative estimate of drug-likeness (QED) is 0.623. The SMILES string of the molecule is O=C(OCCSC1=NCc2ccccc21)c1ccc(Cl)cc1. The van der Waals surface area contributed by atoms with Gasteiger partial charge >= 0.3 is 5.97 Å². The molecular formula is C17H14ClNO2S. The molecule has 0 radical (unpaired) electrons. The molecule has 0 atom stereocenters. The zero-order valence-electron chi connectivity index (χ0n) is 11.8. The molecule has 3 rings (SSSR count). The summed E-state index contributed by atoms with van der Waals surface area (Å²) in [5.74, 6) is 0.359. The highest BCUT2D eigenvalue weighted by Gasteiger charge is 2.15. The van der Waals surface area contributed by atoms with Crippen molar-refractivity contribution in [3.63, 3.8) is 0 Å². The third-order valence-corrected chi connectivity index (χ3v) is 4.52. The number of ether oxygens (including phenoxy) is 1. The molecule has 1 aliphatic heterocycles. The fraction of sp³-hybridized carbons (Fsp3) is 0.176. The van der Waals surface area contributed by atoms with Crippen LogP contribution in [0, 0.1) is 0 Å². The lowest BCUT2D eigenvalue weighted by Gasteiger charge is -2.06. The van der Waals surface area contributed by atoms with Crippen molar-refractivity contribution in [1.29, 1.82) is 0 Å². The Bertz CT molecular complexity index is 713. The number of carbonyl (C=O) groups is 1. The monoisotopic (exact) mass is 331 g/mol. The van der Waals surface area contributed by atoms with Gasteiger partial charge < -0.3 is 4.74 Å². The molecular weight excluding hydrogens is 318 g/mol. The van der Waals surface area contributed by atoms with Crippen LogP contribution in [0.15, 0.2) is 53.5 Å². The molecule has 2 aromatic carbocycles. The Kier molecular flexibility index (Phi) is 4.80. The first kappa shape index (κ1) is 15.1. The van der Waals surface area contributed by atoms with Crippen LogP contribution in [0.1, 0.15) is 21.5 Å². The number of thioether (sulfide) groups is 1. The van der Waals surface area contributed by atoms with Gasteiger partial charge in [-0.15, -0.1) is 11.8 Å². The molecule has 0 aromatic heterocycles. The molecule has 1 aliphatic rings. The van der Waals surface area contributed by atoms with Gasteiger partial charge in [0.15, 0.2) is 0 Å². The topological polar surface area (TPSA) is 38.7 Å². The van der Waals surface area contributed by atoms with Crippen molar-refractivity contribution in [3.05, 3.63) is 70.2 Å². The Labute approximate surface area is 138 Å². The smallest absolute Gasteiger partial charge is 0.338 e.